The molecular weight excluding hydrogens is 274 g/mol. The Bertz CT molecular complexity index is 631. The fourth-order valence-corrected chi connectivity index (χ4v) is 1.55. The lowest BCUT2D eigenvalue weighted by molar-refractivity contribution is -0.136. The Balaban J connectivity index is 1.89. The summed E-state index contributed by atoms with van der Waals surface area (Å²) in [7, 11) is 0. The van der Waals surface area contributed by atoms with Gasteiger partial charge in [0, 0.05) is 6.20 Å². The fourth-order valence-electron chi connectivity index (χ4n) is 1.55. The van der Waals surface area contributed by atoms with Crippen LogP contribution >= 0.6 is 0 Å². The third-order valence-electron chi connectivity index (χ3n) is 2.46. The number of carbonyl (C=O) groups excluding carboxylic acids is 1. The molecule has 0 saturated carbocycles. The molecule has 0 aliphatic heterocycles. The van der Waals surface area contributed by atoms with Crippen LogP contribution in [0.3, 0.4) is 0 Å². The molecule has 2 aromatic rings. The number of aliphatic carboxylic acids is 1. The van der Waals surface area contributed by atoms with Crippen LogP contribution in [0.1, 0.15) is 11.4 Å². The van der Waals surface area contributed by atoms with Gasteiger partial charge in [-0.1, -0.05) is 30.3 Å². The zero-order chi connectivity index (χ0) is 15.1. The molecule has 7 heteroatoms. The smallest absolute Gasteiger partial charge is 0.413 e. The molecule has 0 spiro atoms. The van der Waals surface area contributed by atoms with Gasteiger partial charge in [0.2, 0.25) is 0 Å². The maximum absolute atomic E-state index is 11.6. The van der Waals surface area contributed by atoms with E-state index in [2.05, 4.69) is 15.3 Å². The summed E-state index contributed by atoms with van der Waals surface area (Å²) >= 11 is 0. The predicted molar refractivity (Wildman–Crippen MR) is 73.6 cm³/mol. The fraction of sp³-hybridized carbons (Fsp3) is 0.143. The lowest BCUT2D eigenvalue weighted by Gasteiger charge is -2.07. The summed E-state index contributed by atoms with van der Waals surface area (Å²) in [5.74, 6) is -0.735. The lowest BCUT2D eigenvalue weighted by Crippen LogP contribution is -2.15. The van der Waals surface area contributed by atoms with E-state index >= 15 is 0 Å². The first-order valence-electron chi connectivity index (χ1n) is 6.15. The zero-order valence-corrected chi connectivity index (χ0v) is 11.0. The molecule has 0 radical (unpaired) electrons. The van der Waals surface area contributed by atoms with E-state index in [4.69, 9.17) is 9.84 Å². The normalized spacial score (nSPS) is 9.90. The molecule has 108 valence electrons. The van der Waals surface area contributed by atoms with Gasteiger partial charge >= 0.3 is 12.1 Å². The molecule has 1 amide bonds. The number of anilines is 1. The molecule has 2 rings (SSSR count). The minimum atomic E-state index is -1.04. The van der Waals surface area contributed by atoms with Crippen molar-refractivity contribution in [3.63, 3.8) is 0 Å². The predicted octanol–water partition coefficient (Wildman–Crippen LogP) is 1.85. The number of hydrogen-bond donors (Lipinski definition) is 2. The molecule has 0 bridgehead atoms. The van der Waals surface area contributed by atoms with Gasteiger partial charge in [0.1, 0.15) is 24.7 Å². The molecule has 0 saturated heterocycles. The first kappa shape index (κ1) is 14.4. The lowest BCUT2D eigenvalue weighted by atomic mass is 10.2. The number of ether oxygens (including phenoxy) is 1. The molecule has 1 aromatic carbocycles. The molecule has 7 nitrogen and oxygen atoms in total. The van der Waals surface area contributed by atoms with Crippen LogP contribution < -0.4 is 5.32 Å². The van der Waals surface area contributed by atoms with Gasteiger partial charge in [-0.2, -0.15) is 0 Å². The van der Waals surface area contributed by atoms with Gasteiger partial charge in [0.15, 0.2) is 0 Å². The minimum Gasteiger partial charge on any atom is -0.481 e. The number of carboxylic acids is 1. The van der Waals surface area contributed by atoms with Crippen molar-refractivity contribution in [2.45, 2.75) is 13.0 Å². The van der Waals surface area contributed by atoms with Crippen LogP contribution in [-0.2, 0) is 22.6 Å². The van der Waals surface area contributed by atoms with E-state index in [9.17, 15) is 9.59 Å². The minimum absolute atomic E-state index is 0.114. The Hall–Kier alpha value is -2.96. The van der Waals surface area contributed by atoms with Crippen LogP contribution in [0.25, 0.3) is 0 Å². The van der Waals surface area contributed by atoms with E-state index in [1.165, 1.54) is 12.3 Å². The van der Waals surface area contributed by atoms with Gasteiger partial charge in [0.25, 0.3) is 0 Å². The van der Waals surface area contributed by atoms with Crippen molar-refractivity contribution in [2.75, 3.05) is 5.32 Å². The Morgan fingerprint density at radius 1 is 1.19 bits per heavy atom. The SMILES string of the molecule is O=C(O)Cc1nccc(NC(=O)OCc2ccccc2)n1. The molecule has 0 fully saturated rings. The highest BCUT2D eigenvalue weighted by Crippen LogP contribution is 2.05. The maximum atomic E-state index is 11.6. The molecule has 2 N–H and O–H groups in total. The zero-order valence-electron chi connectivity index (χ0n) is 11.0. The monoisotopic (exact) mass is 287 g/mol. The summed E-state index contributed by atoms with van der Waals surface area (Å²) in [6.07, 6.45) is 0.394. The van der Waals surface area contributed by atoms with Crippen molar-refractivity contribution >= 4 is 17.9 Å². The standard InChI is InChI=1S/C14H13N3O4/c18-13(19)8-12-15-7-6-11(16-12)17-14(20)21-9-10-4-2-1-3-5-10/h1-7H,8-9H2,(H,18,19)(H,15,16,17,20). The molecule has 21 heavy (non-hydrogen) atoms. The summed E-state index contributed by atoms with van der Waals surface area (Å²) in [6, 6.07) is 10.7. The molecule has 0 atom stereocenters. The van der Waals surface area contributed by atoms with Crippen LogP contribution in [0.5, 0.6) is 0 Å². The second-order valence-electron chi connectivity index (χ2n) is 4.12. The first-order chi connectivity index (χ1) is 10.1. The van der Waals surface area contributed by atoms with Crippen molar-refractivity contribution in [3.8, 4) is 0 Å². The number of nitrogens with zero attached hydrogens (tertiary/aromatic N) is 2. The highest BCUT2D eigenvalue weighted by Gasteiger charge is 2.08. The number of carbonyl (C=O) groups is 2. The van der Waals surface area contributed by atoms with Crippen LogP contribution in [0.2, 0.25) is 0 Å². The van der Waals surface area contributed by atoms with Gasteiger partial charge in [-0.25, -0.2) is 14.8 Å². The van der Waals surface area contributed by atoms with Crippen molar-refractivity contribution in [1.29, 1.82) is 0 Å². The second-order valence-corrected chi connectivity index (χ2v) is 4.12. The van der Waals surface area contributed by atoms with Crippen molar-refractivity contribution in [2.24, 2.45) is 0 Å². The molecule has 1 aromatic heterocycles. The number of aromatic nitrogens is 2. The number of nitrogens with one attached hydrogen (secondary N) is 1. The third-order valence-corrected chi connectivity index (χ3v) is 2.46. The average molecular weight is 287 g/mol. The Labute approximate surface area is 120 Å². The highest BCUT2D eigenvalue weighted by molar-refractivity contribution is 5.83. The van der Waals surface area contributed by atoms with Crippen molar-refractivity contribution < 1.29 is 19.4 Å². The van der Waals surface area contributed by atoms with Crippen LogP contribution in [0.4, 0.5) is 10.6 Å². The molecule has 0 aliphatic rings. The Kier molecular flexibility index (Phi) is 4.81. The second kappa shape index (κ2) is 6.99. The van der Waals surface area contributed by atoms with Crippen LogP contribution in [0.15, 0.2) is 42.6 Å². The van der Waals surface area contributed by atoms with E-state index in [0.29, 0.717) is 0 Å². The first-order valence-corrected chi connectivity index (χ1v) is 6.15. The quantitative estimate of drug-likeness (QED) is 0.870. The Morgan fingerprint density at radius 3 is 2.67 bits per heavy atom. The van der Waals surface area contributed by atoms with E-state index in [-0.39, 0.29) is 24.7 Å². The summed E-state index contributed by atoms with van der Waals surface area (Å²) in [5.41, 5.74) is 0.863. The largest absolute Gasteiger partial charge is 0.481 e. The van der Waals surface area contributed by atoms with Gasteiger partial charge < -0.3 is 9.84 Å². The van der Waals surface area contributed by atoms with E-state index < -0.39 is 12.1 Å². The number of hydrogen-bond acceptors (Lipinski definition) is 5. The number of benzene rings is 1. The number of rotatable bonds is 5. The van der Waals surface area contributed by atoms with Crippen LogP contribution in [0, 0.1) is 0 Å². The summed E-state index contributed by atoms with van der Waals surface area (Å²) < 4.78 is 5.03. The molecule has 0 unspecified atom stereocenters. The van der Waals surface area contributed by atoms with E-state index in [1.807, 2.05) is 30.3 Å². The van der Waals surface area contributed by atoms with Crippen LogP contribution in [-0.4, -0.2) is 27.1 Å². The van der Waals surface area contributed by atoms with Gasteiger partial charge in [-0.3, -0.25) is 10.1 Å². The van der Waals surface area contributed by atoms with E-state index in [1.54, 1.807) is 0 Å². The molecular formula is C14H13N3O4. The maximum Gasteiger partial charge on any atom is 0.413 e. The highest BCUT2D eigenvalue weighted by atomic mass is 16.5. The summed E-state index contributed by atoms with van der Waals surface area (Å²) in [5, 5.41) is 11.1. The third kappa shape index (κ3) is 4.90. The summed E-state index contributed by atoms with van der Waals surface area (Å²) in [4.78, 5) is 29.9. The van der Waals surface area contributed by atoms with Gasteiger partial charge in [-0.15, -0.1) is 0 Å². The van der Waals surface area contributed by atoms with Crippen molar-refractivity contribution in [3.05, 3.63) is 54.0 Å². The number of amides is 1. The van der Waals surface area contributed by atoms with Gasteiger partial charge in [-0.05, 0) is 11.6 Å². The van der Waals surface area contributed by atoms with Crippen molar-refractivity contribution in [1.82, 2.24) is 9.97 Å². The Morgan fingerprint density at radius 2 is 1.95 bits per heavy atom. The molecule has 0 aliphatic carbocycles. The molecule has 1 heterocycles. The summed E-state index contributed by atoms with van der Waals surface area (Å²) in [6.45, 7) is 0.139. The number of carboxylic acid groups (broad SMARTS) is 1. The van der Waals surface area contributed by atoms with E-state index in [0.717, 1.165) is 5.56 Å². The topological polar surface area (TPSA) is 101 Å². The average Bonchev–Trinajstić information content (AvgIpc) is 2.46. The van der Waals surface area contributed by atoms with Gasteiger partial charge in [0.05, 0.1) is 0 Å².